The SMILES string of the molecule is CCCCCC(C)NC(=O)CNc1cc(CO)ccc1Cl. The third-order valence-electron chi connectivity index (χ3n) is 3.30. The molecule has 0 aliphatic rings. The molecule has 0 saturated carbocycles. The average molecular weight is 313 g/mol. The fraction of sp³-hybridized carbons (Fsp3) is 0.562. The third-order valence-corrected chi connectivity index (χ3v) is 3.63. The van der Waals surface area contributed by atoms with Crippen molar-refractivity contribution in [2.45, 2.75) is 52.2 Å². The number of nitrogens with one attached hydrogen (secondary N) is 2. The molecule has 1 unspecified atom stereocenters. The van der Waals surface area contributed by atoms with Gasteiger partial charge in [-0.15, -0.1) is 0 Å². The van der Waals surface area contributed by atoms with Crippen LogP contribution >= 0.6 is 11.6 Å². The Hall–Kier alpha value is -1.26. The van der Waals surface area contributed by atoms with E-state index < -0.39 is 0 Å². The maximum Gasteiger partial charge on any atom is 0.239 e. The molecule has 5 heteroatoms. The minimum Gasteiger partial charge on any atom is -0.392 e. The van der Waals surface area contributed by atoms with Crippen LogP contribution in [-0.2, 0) is 11.4 Å². The first-order chi connectivity index (χ1) is 10.1. The number of rotatable bonds is 9. The second-order valence-corrected chi connectivity index (χ2v) is 5.70. The van der Waals surface area contributed by atoms with Crippen molar-refractivity contribution in [1.29, 1.82) is 0 Å². The molecule has 21 heavy (non-hydrogen) atoms. The summed E-state index contributed by atoms with van der Waals surface area (Å²) in [5.74, 6) is -0.0514. The van der Waals surface area contributed by atoms with Crippen LogP contribution < -0.4 is 10.6 Å². The van der Waals surface area contributed by atoms with Crippen LogP contribution in [-0.4, -0.2) is 23.6 Å². The Morgan fingerprint density at radius 1 is 1.38 bits per heavy atom. The summed E-state index contributed by atoms with van der Waals surface area (Å²) in [5.41, 5.74) is 1.42. The van der Waals surface area contributed by atoms with Gasteiger partial charge in [0.2, 0.25) is 5.91 Å². The van der Waals surface area contributed by atoms with Crippen molar-refractivity contribution < 1.29 is 9.90 Å². The summed E-state index contributed by atoms with van der Waals surface area (Å²) in [7, 11) is 0. The maximum absolute atomic E-state index is 11.9. The van der Waals surface area contributed by atoms with Crippen LogP contribution in [0.5, 0.6) is 0 Å². The highest BCUT2D eigenvalue weighted by molar-refractivity contribution is 6.33. The maximum atomic E-state index is 11.9. The van der Waals surface area contributed by atoms with Gasteiger partial charge in [0.15, 0.2) is 0 Å². The first-order valence-electron chi connectivity index (χ1n) is 7.49. The van der Waals surface area contributed by atoms with Crippen LogP contribution in [0.25, 0.3) is 0 Å². The second kappa shape index (κ2) is 9.64. The fourth-order valence-electron chi connectivity index (χ4n) is 2.08. The van der Waals surface area contributed by atoms with Gasteiger partial charge in [0.05, 0.1) is 23.9 Å². The van der Waals surface area contributed by atoms with Gasteiger partial charge in [0.25, 0.3) is 0 Å². The average Bonchev–Trinajstić information content (AvgIpc) is 2.46. The Labute approximate surface area is 131 Å². The molecule has 0 radical (unpaired) electrons. The zero-order chi connectivity index (χ0) is 15.7. The van der Waals surface area contributed by atoms with Crippen molar-refractivity contribution in [3.8, 4) is 0 Å². The van der Waals surface area contributed by atoms with Crippen molar-refractivity contribution in [3.63, 3.8) is 0 Å². The van der Waals surface area contributed by atoms with Crippen LogP contribution in [0.2, 0.25) is 5.02 Å². The van der Waals surface area contributed by atoms with Gasteiger partial charge >= 0.3 is 0 Å². The fourth-order valence-corrected chi connectivity index (χ4v) is 2.26. The van der Waals surface area contributed by atoms with Crippen molar-refractivity contribution in [1.82, 2.24) is 5.32 Å². The number of aliphatic hydroxyl groups excluding tert-OH is 1. The van der Waals surface area contributed by atoms with Crippen LogP contribution in [0, 0.1) is 0 Å². The second-order valence-electron chi connectivity index (χ2n) is 5.29. The van der Waals surface area contributed by atoms with Crippen molar-refractivity contribution in [2.24, 2.45) is 0 Å². The van der Waals surface area contributed by atoms with Gasteiger partial charge < -0.3 is 15.7 Å². The van der Waals surface area contributed by atoms with E-state index in [9.17, 15) is 4.79 Å². The first-order valence-corrected chi connectivity index (χ1v) is 7.87. The van der Waals surface area contributed by atoms with Crippen LogP contribution in [0.1, 0.15) is 45.1 Å². The van der Waals surface area contributed by atoms with Gasteiger partial charge in [-0.25, -0.2) is 0 Å². The zero-order valence-corrected chi connectivity index (χ0v) is 13.5. The number of anilines is 1. The lowest BCUT2D eigenvalue weighted by molar-refractivity contribution is -0.120. The minimum atomic E-state index is -0.0514. The van der Waals surface area contributed by atoms with E-state index in [1.807, 2.05) is 6.92 Å². The molecule has 0 bridgehead atoms. The van der Waals surface area contributed by atoms with Crippen LogP contribution in [0.4, 0.5) is 5.69 Å². The van der Waals surface area contributed by atoms with Gasteiger partial charge in [-0.1, -0.05) is 43.9 Å². The molecule has 0 aromatic heterocycles. The topological polar surface area (TPSA) is 61.4 Å². The minimum absolute atomic E-state index is 0.0491. The van der Waals surface area contributed by atoms with Gasteiger partial charge in [-0.2, -0.15) is 0 Å². The molecule has 0 saturated heterocycles. The third kappa shape index (κ3) is 6.82. The quantitative estimate of drug-likeness (QED) is 0.613. The number of carbonyl (C=O) groups is 1. The predicted molar refractivity (Wildman–Crippen MR) is 87.6 cm³/mol. The zero-order valence-electron chi connectivity index (χ0n) is 12.8. The molecular weight excluding hydrogens is 288 g/mol. The lowest BCUT2D eigenvalue weighted by Crippen LogP contribution is -2.36. The summed E-state index contributed by atoms with van der Waals surface area (Å²) in [6.07, 6.45) is 4.51. The van der Waals surface area contributed by atoms with E-state index in [2.05, 4.69) is 17.6 Å². The molecule has 0 spiro atoms. The monoisotopic (exact) mass is 312 g/mol. The molecule has 0 heterocycles. The number of benzene rings is 1. The molecule has 1 aromatic rings. The van der Waals surface area contributed by atoms with E-state index in [0.717, 1.165) is 18.4 Å². The van der Waals surface area contributed by atoms with Crippen LogP contribution in [0.15, 0.2) is 18.2 Å². The molecule has 1 rings (SSSR count). The summed E-state index contributed by atoms with van der Waals surface area (Å²) in [5, 5.41) is 15.6. The number of amides is 1. The molecule has 1 aromatic carbocycles. The lowest BCUT2D eigenvalue weighted by atomic mass is 10.1. The number of hydrogen-bond acceptors (Lipinski definition) is 3. The lowest BCUT2D eigenvalue weighted by Gasteiger charge is -2.15. The highest BCUT2D eigenvalue weighted by atomic mass is 35.5. The smallest absolute Gasteiger partial charge is 0.239 e. The molecule has 1 atom stereocenters. The molecule has 118 valence electrons. The summed E-state index contributed by atoms with van der Waals surface area (Å²) < 4.78 is 0. The normalized spacial score (nSPS) is 12.0. The number of aliphatic hydroxyl groups is 1. The molecule has 1 amide bonds. The highest BCUT2D eigenvalue weighted by Crippen LogP contribution is 2.22. The molecule has 0 aliphatic heterocycles. The standard InChI is InChI=1S/C16H25ClN2O2/c1-3-4-5-6-12(2)19-16(21)10-18-15-9-13(11-20)7-8-14(15)17/h7-9,12,18,20H,3-6,10-11H2,1-2H3,(H,19,21). The Balaban J connectivity index is 2.39. The Bertz CT molecular complexity index is 452. The molecule has 4 nitrogen and oxygen atoms in total. The molecule has 0 aliphatic carbocycles. The van der Waals surface area contributed by atoms with Crippen molar-refractivity contribution in [2.75, 3.05) is 11.9 Å². The van der Waals surface area contributed by atoms with Gasteiger partial charge in [0, 0.05) is 6.04 Å². The highest BCUT2D eigenvalue weighted by Gasteiger charge is 2.08. The summed E-state index contributed by atoms with van der Waals surface area (Å²) in [6, 6.07) is 5.40. The van der Waals surface area contributed by atoms with E-state index in [1.54, 1.807) is 18.2 Å². The van der Waals surface area contributed by atoms with E-state index in [-0.39, 0.29) is 25.1 Å². The molecular formula is C16H25ClN2O2. The Morgan fingerprint density at radius 2 is 2.14 bits per heavy atom. The Morgan fingerprint density at radius 3 is 2.81 bits per heavy atom. The molecule has 3 N–H and O–H groups in total. The van der Waals surface area contributed by atoms with Crippen LogP contribution in [0.3, 0.4) is 0 Å². The van der Waals surface area contributed by atoms with Crippen molar-refractivity contribution >= 4 is 23.2 Å². The number of carbonyl (C=O) groups excluding carboxylic acids is 1. The Kier molecular flexibility index (Phi) is 8.16. The number of halogens is 1. The van der Waals surface area contributed by atoms with E-state index in [0.29, 0.717) is 10.7 Å². The molecule has 0 fully saturated rings. The van der Waals surface area contributed by atoms with Gasteiger partial charge in [-0.3, -0.25) is 4.79 Å². The first kappa shape index (κ1) is 17.8. The van der Waals surface area contributed by atoms with E-state index in [4.69, 9.17) is 16.7 Å². The van der Waals surface area contributed by atoms with E-state index >= 15 is 0 Å². The summed E-state index contributed by atoms with van der Waals surface area (Å²) >= 11 is 6.05. The largest absolute Gasteiger partial charge is 0.392 e. The number of hydrogen-bond donors (Lipinski definition) is 3. The summed E-state index contributed by atoms with van der Waals surface area (Å²) in [6.45, 7) is 4.31. The van der Waals surface area contributed by atoms with E-state index in [1.165, 1.54) is 12.8 Å². The predicted octanol–water partition coefficient (Wildman–Crippen LogP) is 3.33. The summed E-state index contributed by atoms with van der Waals surface area (Å²) in [4.78, 5) is 11.9. The van der Waals surface area contributed by atoms with Crippen molar-refractivity contribution in [3.05, 3.63) is 28.8 Å². The van der Waals surface area contributed by atoms with Gasteiger partial charge in [-0.05, 0) is 31.0 Å². The number of unbranched alkanes of at least 4 members (excludes halogenated alkanes) is 2. The van der Waals surface area contributed by atoms with Gasteiger partial charge in [0.1, 0.15) is 0 Å².